The van der Waals surface area contributed by atoms with Gasteiger partial charge in [-0.1, -0.05) is 12.1 Å². The van der Waals surface area contributed by atoms with Gasteiger partial charge in [0.15, 0.2) is 11.5 Å². The van der Waals surface area contributed by atoms with Crippen LogP contribution in [0.3, 0.4) is 0 Å². The van der Waals surface area contributed by atoms with Crippen LogP contribution in [0.25, 0.3) is 0 Å². The molecule has 0 radical (unpaired) electrons. The molecule has 2 aliphatic heterocycles. The van der Waals surface area contributed by atoms with E-state index in [-0.39, 0.29) is 6.04 Å². The maximum Gasteiger partial charge on any atom is 0.184 e. The molecule has 0 spiro atoms. The van der Waals surface area contributed by atoms with Gasteiger partial charge in [-0.15, -0.1) is 0 Å². The molecule has 3 aliphatic rings. The molecule has 0 amide bonds. The van der Waals surface area contributed by atoms with Gasteiger partial charge < -0.3 is 24.2 Å². The van der Waals surface area contributed by atoms with E-state index in [0.717, 1.165) is 61.1 Å². The van der Waals surface area contributed by atoms with Gasteiger partial charge in [0.25, 0.3) is 0 Å². The van der Waals surface area contributed by atoms with E-state index in [0.29, 0.717) is 13.2 Å². The predicted molar refractivity (Wildman–Crippen MR) is 107 cm³/mol. The number of nitrogens with zero attached hydrogens (tertiary/aromatic N) is 2. The molecule has 0 saturated carbocycles. The highest BCUT2D eigenvalue weighted by molar-refractivity contribution is 5.65. The van der Waals surface area contributed by atoms with E-state index < -0.39 is 6.10 Å². The first kappa shape index (κ1) is 17.6. The number of fused-ring (bicyclic) bond motifs is 2. The normalized spacial score (nSPS) is 24.1. The Morgan fingerprint density at radius 2 is 1.86 bits per heavy atom. The first-order valence-corrected chi connectivity index (χ1v) is 9.97. The van der Waals surface area contributed by atoms with Gasteiger partial charge in [-0.25, -0.2) is 0 Å². The fourth-order valence-electron chi connectivity index (χ4n) is 4.65. The number of piperazine rings is 1. The molecular formula is C22H26N2O4. The third-order valence-electron chi connectivity index (χ3n) is 6.13. The van der Waals surface area contributed by atoms with Crippen molar-refractivity contribution in [2.75, 3.05) is 51.4 Å². The Labute approximate surface area is 165 Å². The number of ether oxygens (including phenoxy) is 3. The van der Waals surface area contributed by atoms with Crippen LogP contribution in [0.2, 0.25) is 0 Å². The first-order valence-electron chi connectivity index (χ1n) is 9.97. The number of anilines is 1. The molecule has 6 heteroatoms. The predicted octanol–water partition coefficient (Wildman–Crippen LogP) is 2.25. The zero-order valence-electron chi connectivity index (χ0n) is 16.1. The van der Waals surface area contributed by atoms with Crippen LogP contribution in [-0.4, -0.2) is 62.6 Å². The van der Waals surface area contributed by atoms with Crippen molar-refractivity contribution in [3.05, 3.63) is 47.5 Å². The third-order valence-corrected chi connectivity index (χ3v) is 6.13. The van der Waals surface area contributed by atoms with Crippen molar-refractivity contribution < 1.29 is 19.3 Å². The maximum atomic E-state index is 10.9. The number of rotatable bonds is 3. The Bertz CT molecular complexity index is 864. The average molecular weight is 382 g/mol. The van der Waals surface area contributed by atoms with Crippen molar-refractivity contribution >= 4 is 5.69 Å². The van der Waals surface area contributed by atoms with Crippen LogP contribution < -0.4 is 19.1 Å². The summed E-state index contributed by atoms with van der Waals surface area (Å²) in [6.07, 6.45) is 0.430. The summed E-state index contributed by atoms with van der Waals surface area (Å²) in [4.78, 5) is 4.78. The number of aliphatic hydroxyl groups is 1. The van der Waals surface area contributed by atoms with Gasteiger partial charge in [-0.2, -0.15) is 0 Å². The van der Waals surface area contributed by atoms with Crippen molar-refractivity contribution in [1.29, 1.82) is 0 Å². The number of methoxy groups -OCH3 is 1. The Morgan fingerprint density at radius 3 is 2.68 bits per heavy atom. The molecule has 1 fully saturated rings. The second kappa shape index (κ2) is 7.18. The van der Waals surface area contributed by atoms with Gasteiger partial charge in [0.2, 0.25) is 0 Å². The molecule has 2 aromatic rings. The second-order valence-corrected chi connectivity index (χ2v) is 7.61. The molecule has 0 aromatic heterocycles. The number of hydrogen-bond acceptors (Lipinski definition) is 6. The van der Waals surface area contributed by atoms with Crippen LogP contribution in [0.4, 0.5) is 5.69 Å². The minimum Gasteiger partial charge on any atom is -0.497 e. The van der Waals surface area contributed by atoms with Crippen molar-refractivity contribution in [2.24, 2.45) is 0 Å². The van der Waals surface area contributed by atoms with Gasteiger partial charge in [-0.05, 0) is 41.8 Å². The zero-order valence-corrected chi connectivity index (χ0v) is 16.1. The van der Waals surface area contributed by atoms with Crippen molar-refractivity contribution in [3.63, 3.8) is 0 Å². The van der Waals surface area contributed by atoms with Crippen LogP contribution >= 0.6 is 0 Å². The molecule has 2 atom stereocenters. The van der Waals surface area contributed by atoms with Crippen LogP contribution in [0.15, 0.2) is 36.4 Å². The Balaban J connectivity index is 1.28. The molecular weight excluding hydrogens is 356 g/mol. The minimum absolute atomic E-state index is 0.133. The average Bonchev–Trinajstić information content (AvgIpc) is 3.09. The van der Waals surface area contributed by atoms with Crippen molar-refractivity contribution in [1.82, 2.24) is 4.90 Å². The van der Waals surface area contributed by atoms with E-state index in [2.05, 4.69) is 21.9 Å². The van der Waals surface area contributed by atoms with Crippen LogP contribution in [0, 0.1) is 0 Å². The number of para-hydroxylation sites is 1. The van der Waals surface area contributed by atoms with Gasteiger partial charge in [-0.3, -0.25) is 4.90 Å². The molecule has 1 saturated heterocycles. The summed E-state index contributed by atoms with van der Waals surface area (Å²) in [6, 6.07) is 12.2. The Hall–Kier alpha value is -2.44. The summed E-state index contributed by atoms with van der Waals surface area (Å²) < 4.78 is 16.9. The lowest BCUT2D eigenvalue weighted by Crippen LogP contribution is -2.51. The van der Waals surface area contributed by atoms with E-state index >= 15 is 0 Å². The van der Waals surface area contributed by atoms with E-state index in [4.69, 9.17) is 14.2 Å². The van der Waals surface area contributed by atoms with Crippen LogP contribution in [0.1, 0.15) is 17.2 Å². The highest BCUT2D eigenvalue weighted by atomic mass is 16.6. The maximum absolute atomic E-state index is 10.9. The molecule has 6 nitrogen and oxygen atoms in total. The molecule has 2 heterocycles. The van der Waals surface area contributed by atoms with E-state index in [1.165, 1.54) is 5.56 Å². The molecule has 28 heavy (non-hydrogen) atoms. The fourth-order valence-corrected chi connectivity index (χ4v) is 4.65. The molecule has 0 bridgehead atoms. The van der Waals surface area contributed by atoms with Gasteiger partial charge >= 0.3 is 0 Å². The van der Waals surface area contributed by atoms with Gasteiger partial charge in [0, 0.05) is 32.2 Å². The summed E-state index contributed by atoms with van der Waals surface area (Å²) in [7, 11) is 1.68. The molecule has 2 aromatic carbocycles. The molecule has 148 valence electrons. The van der Waals surface area contributed by atoms with E-state index in [1.54, 1.807) is 7.11 Å². The lowest BCUT2D eigenvalue weighted by molar-refractivity contribution is 0.0571. The SMILES string of the molecule is COc1ccc2c(c1)C[C@@H](N1CCN(c3cccc4c3OCCO4)CC1)[C@@H]2O. The molecule has 5 rings (SSSR count). The first-order chi connectivity index (χ1) is 13.7. The highest BCUT2D eigenvalue weighted by Crippen LogP contribution is 2.41. The lowest BCUT2D eigenvalue weighted by atomic mass is 10.1. The van der Waals surface area contributed by atoms with Crippen molar-refractivity contribution in [3.8, 4) is 17.2 Å². The lowest BCUT2D eigenvalue weighted by Gasteiger charge is -2.40. The van der Waals surface area contributed by atoms with E-state index in [1.807, 2.05) is 24.3 Å². The zero-order chi connectivity index (χ0) is 19.1. The largest absolute Gasteiger partial charge is 0.497 e. The van der Waals surface area contributed by atoms with Gasteiger partial charge in [0.1, 0.15) is 19.0 Å². The Morgan fingerprint density at radius 1 is 1.04 bits per heavy atom. The summed E-state index contributed by atoms with van der Waals surface area (Å²) in [6.45, 7) is 4.84. The molecule has 1 aliphatic carbocycles. The summed E-state index contributed by atoms with van der Waals surface area (Å²) in [5, 5.41) is 10.9. The number of hydrogen-bond donors (Lipinski definition) is 1. The topological polar surface area (TPSA) is 54.4 Å². The molecule has 1 N–H and O–H groups in total. The monoisotopic (exact) mass is 382 g/mol. The van der Waals surface area contributed by atoms with E-state index in [9.17, 15) is 5.11 Å². The standard InChI is InChI=1S/C22H26N2O4/c1-26-16-5-6-17-15(13-16)14-19(21(17)25)24-9-7-23(8-10-24)18-3-2-4-20-22(18)28-12-11-27-20/h2-6,13,19,21,25H,7-12,14H2,1H3/t19-,21-/m1/s1. The smallest absolute Gasteiger partial charge is 0.184 e. The third kappa shape index (κ3) is 2.97. The summed E-state index contributed by atoms with van der Waals surface area (Å²) >= 11 is 0. The fraction of sp³-hybridized carbons (Fsp3) is 0.455. The van der Waals surface area contributed by atoms with Crippen LogP contribution in [-0.2, 0) is 6.42 Å². The highest BCUT2D eigenvalue weighted by Gasteiger charge is 2.37. The summed E-state index contributed by atoms with van der Waals surface area (Å²) in [5.41, 5.74) is 3.34. The molecule has 0 unspecified atom stereocenters. The quantitative estimate of drug-likeness (QED) is 0.879. The number of aliphatic hydroxyl groups excluding tert-OH is 1. The Kier molecular flexibility index (Phi) is 4.53. The number of benzene rings is 2. The van der Waals surface area contributed by atoms with Crippen LogP contribution in [0.5, 0.6) is 17.2 Å². The van der Waals surface area contributed by atoms with Gasteiger partial charge in [0.05, 0.1) is 18.9 Å². The van der Waals surface area contributed by atoms with Crippen molar-refractivity contribution in [2.45, 2.75) is 18.6 Å². The summed E-state index contributed by atoms with van der Waals surface area (Å²) in [5.74, 6) is 2.55. The second-order valence-electron chi connectivity index (χ2n) is 7.61. The minimum atomic E-state index is -0.436.